The van der Waals surface area contributed by atoms with Gasteiger partial charge in [0.2, 0.25) is 0 Å². The van der Waals surface area contributed by atoms with Crippen LogP contribution in [0.2, 0.25) is 0 Å². The molecule has 3 aromatic rings. The normalized spacial score (nSPS) is 15.4. The minimum Gasteiger partial charge on any atom is -0.356 e. The van der Waals surface area contributed by atoms with Crippen molar-refractivity contribution in [3.05, 3.63) is 70.7 Å². The zero-order valence-electron chi connectivity index (χ0n) is 15.7. The first kappa shape index (κ1) is 19.5. The van der Waals surface area contributed by atoms with Crippen LogP contribution in [0.5, 0.6) is 0 Å². The molecule has 2 heterocycles. The number of nitrogens with one attached hydrogen (secondary N) is 1. The quantitative estimate of drug-likeness (QED) is 0.667. The summed E-state index contributed by atoms with van der Waals surface area (Å²) in [7, 11) is 0. The molecule has 1 aliphatic rings. The minimum atomic E-state index is -0.793. The second-order valence-corrected chi connectivity index (χ2v) is 6.98. The van der Waals surface area contributed by atoms with E-state index in [1.807, 2.05) is 6.92 Å². The Morgan fingerprint density at radius 1 is 1.23 bits per heavy atom. The number of hydrogen-bond donors (Lipinski definition) is 1. The summed E-state index contributed by atoms with van der Waals surface area (Å²) in [6, 6.07) is 7.82. The van der Waals surface area contributed by atoms with Crippen LogP contribution in [-0.4, -0.2) is 22.1 Å². The molecule has 6 nitrogen and oxygen atoms in total. The highest BCUT2D eigenvalue weighted by Gasteiger charge is 2.33. The molecule has 1 unspecified atom stereocenters. The van der Waals surface area contributed by atoms with E-state index < -0.39 is 23.5 Å². The minimum absolute atomic E-state index is 0.0530. The molecule has 152 valence electrons. The topological polar surface area (TPSA) is 82.2 Å². The summed E-state index contributed by atoms with van der Waals surface area (Å²) in [5.74, 6) is -2.04. The predicted octanol–water partition coefficient (Wildman–Crippen LogP) is 4.61. The molecule has 1 N–H and O–H groups in total. The van der Waals surface area contributed by atoms with Crippen molar-refractivity contribution in [3.8, 4) is 17.4 Å². The Kier molecular flexibility index (Phi) is 4.91. The van der Waals surface area contributed by atoms with Gasteiger partial charge < -0.3 is 14.7 Å². The van der Waals surface area contributed by atoms with E-state index in [2.05, 4.69) is 10.5 Å². The molecule has 1 atom stereocenters. The largest absolute Gasteiger partial charge is 0.356 e. The maximum Gasteiger partial charge on any atom is 0.322 e. The van der Waals surface area contributed by atoms with Gasteiger partial charge in [0, 0.05) is 29.8 Å². The molecule has 2 aromatic carbocycles. The number of rotatable bonds is 2. The van der Waals surface area contributed by atoms with Crippen molar-refractivity contribution >= 4 is 11.7 Å². The fourth-order valence-corrected chi connectivity index (χ4v) is 3.42. The summed E-state index contributed by atoms with van der Waals surface area (Å²) in [5.41, 5.74) is 1.27. The first-order valence-electron chi connectivity index (χ1n) is 9.07. The van der Waals surface area contributed by atoms with E-state index >= 15 is 0 Å². The number of hydrogen-bond acceptors (Lipinski definition) is 4. The number of carbonyl (C=O) groups excluding carboxylic acids is 1. The van der Waals surface area contributed by atoms with Crippen molar-refractivity contribution in [3.63, 3.8) is 0 Å². The standard InChI is InChI=1S/C21H15F3N4O2/c1-11-6-19-16(20(30-27-19)15-4-2-13(22)8-18(15)24)10-28(11)21(29)26-14-3-5-17(23)12(7-14)9-25/h2-5,7-8,11H,6,10H2,1H3,(H,26,29). The molecule has 9 heteroatoms. The van der Waals surface area contributed by atoms with Gasteiger partial charge in [-0.2, -0.15) is 5.26 Å². The summed E-state index contributed by atoms with van der Waals surface area (Å²) in [4.78, 5) is 14.3. The molecular formula is C21H15F3N4O2. The first-order chi connectivity index (χ1) is 14.4. The number of nitrogens with zero attached hydrogens (tertiary/aromatic N) is 3. The maximum atomic E-state index is 14.2. The third-order valence-corrected chi connectivity index (χ3v) is 4.99. The highest BCUT2D eigenvalue weighted by Crippen LogP contribution is 2.34. The number of benzene rings is 2. The Bertz CT molecular complexity index is 1190. The van der Waals surface area contributed by atoms with Gasteiger partial charge in [-0.1, -0.05) is 5.16 Å². The monoisotopic (exact) mass is 412 g/mol. The lowest BCUT2D eigenvalue weighted by atomic mass is 9.97. The summed E-state index contributed by atoms with van der Waals surface area (Å²) in [5, 5.41) is 15.6. The Hall–Kier alpha value is -3.80. The van der Waals surface area contributed by atoms with Gasteiger partial charge in [-0.25, -0.2) is 18.0 Å². The Morgan fingerprint density at radius 3 is 2.77 bits per heavy atom. The van der Waals surface area contributed by atoms with Gasteiger partial charge in [0.15, 0.2) is 5.76 Å². The summed E-state index contributed by atoms with van der Waals surface area (Å²) >= 11 is 0. The summed E-state index contributed by atoms with van der Waals surface area (Å²) in [6.45, 7) is 1.91. The Morgan fingerprint density at radius 2 is 2.03 bits per heavy atom. The van der Waals surface area contributed by atoms with E-state index in [4.69, 9.17) is 9.78 Å². The highest BCUT2D eigenvalue weighted by molar-refractivity contribution is 5.90. The first-order valence-corrected chi connectivity index (χ1v) is 9.07. The van der Waals surface area contributed by atoms with Crippen molar-refractivity contribution in [1.82, 2.24) is 10.1 Å². The van der Waals surface area contributed by atoms with Gasteiger partial charge >= 0.3 is 6.03 Å². The molecule has 0 fully saturated rings. The van der Waals surface area contributed by atoms with Crippen molar-refractivity contribution in [1.29, 1.82) is 5.26 Å². The van der Waals surface area contributed by atoms with Gasteiger partial charge in [0.1, 0.15) is 23.5 Å². The lowest BCUT2D eigenvalue weighted by Gasteiger charge is -2.32. The second kappa shape index (κ2) is 7.55. The van der Waals surface area contributed by atoms with E-state index in [0.717, 1.165) is 18.2 Å². The van der Waals surface area contributed by atoms with Crippen molar-refractivity contribution in [2.24, 2.45) is 0 Å². The lowest BCUT2D eigenvalue weighted by Crippen LogP contribution is -2.44. The number of halogens is 3. The molecule has 30 heavy (non-hydrogen) atoms. The van der Waals surface area contributed by atoms with Crippen LogP contribution in [0.3, 0.4) is 0 Å². The molecule has 0 spiro atoms. The van der Waals surface area contributed by atoms with Crippen molar-refractivity contribution in [2.75, 3.05) is 5.32 Å². The molecule has 4 rings (SSSR count). The molecule has 1 aliphatic heterocycles. The fraction of sp³-hybridized carbons (Fsp3) is 0.190. The van der Waals surface area contributed by atoms with Crippen molar-refractivity contribution < 1.29 is 22.5 Å². The van der Waals surface area contributed by atoms with Crippen molar-refractivity contribution in [2.45, 2.75) is 25.9 Å². The third-order valence-electron chi connectivity index (χ3n) is 4.99. The molecular weight excluding hydrogens is 397 g/mol. The van der Waals surface area contributed by atoms with Crippen LogP contribution in [0.4, 0.5) is 23.7 Å². The van der Waals surface area contributed by atoms with Crippen LogP contribution < -0.4 is 5.32 Å². The molecule has 0 saturated carbocycles. The van der Waals surface area contributed by atoms with Gasteiger partial charge in [-0.05, 0) is 37.3 Å². The van der Waals surface area contributed by atoms with E-state index in [9.17, 15) is 18.0 Å². The lowest BCUT2D eigenvalue weighted by molar-refractivity contribution is 0.182. The molecule has 0 radical (unpaired) electrons. The maximum absolute atomic E-state index is 14.2. The van der Waals surface area contributed by atoms with Gasteiger partial charge in [0.05, 0.1) is 23.4 Å². The highest BCUT2D eigenvalue weighted by atomic mass is 19.1. The summed E-state index contributed by atoms with van der Waals surface area (Å²) in [6.07, 6.45) is 0.377. The Labute approximate surface area is 169 Å². The number of urea groups is 1. The number of anilines is 1. The SMILES string of the molecule is CC1Cc2noc(-c3ccc(F)cc3F)c2CN1C(=O)Nc1ccc(F)c(C#N)c1. The van der Waals surface area contributed by atoms with E-state index in [1.165, 1.54) is 23.1 Å². The fourth-order valence-electron chi connectivity index (χ4n) is 3.42. The number of aromatic nitrogens is 1. The average molecular weight is 412 g/mol. The van der Waals surface area contributed by atoms with Crippen LogP contribution in [0.25, 0.3) is 11.3 Å². The molecule has 1 aromatic heterocycles. The van der Waals surface area contributed by atoms with Gasteiger partial charge in [-0.15, -0.1) is 0 Å². The number of fused-ring (bicyclic) bond motifs is 1. The Balaban J connectivity index is 1.61. The van der Waals surface area contributed by atoms with Crippen LogP contribution in [0, 0.1) is 28.8 Å². The van der Waals surface area contributed by atoms with E-state index in [1.54, 1.807) is 6.07 Å². The number of nitriles is 1. The molecule has 0 saturated heterocycles. The average Bonchev–Trinajstić information content (AvgIpc) is 3.11. The molecule has 0 bridgehead atoms. The zero-order valence-corrected chi connectivity index (χ0v) is 15.7. The van der Waals surface area contributed by atoms with Gasteiger partial charge in [0.25, 0.3) is 0 Å². The van der Waals surface area contributed by atoms with E-state index in [-0.39, 0.29) is 35.2 Å². The third kappa shape index (κ3) is 3.48. The zero-order chi connectivity index (χ0) is 21.4. The molecule has 2 amide bonds. The second-order valence-electron chi connectivity index (χ2n) is 6.98. The molecule has 0 aliphatic carbocycles. The van der Waals surface area contributed by atoms with Crippen LogP contribution >= 0.6 is 0 Å². The van der Waals surface area contributed by atoms with Crippen LogP contribution in [0.15, 0.2) is 40.9 Å². The van der Waals surface area contributed by atoms with Crippen LogP contribution in [-0.2, 0) is 13.0 Å². The van der Waals surface area contributed by atoms with E-state index in [0.29, 0.717) is 17.7 Å². The number of carbonyl (C=O) groups is 1. The predicted molar refractivity (Wildman–Crippen MR) is 101 cm³/mol. The summed E-state index contributed by atoms with van der Waals surface area (Å²) < 4.78 is 46.3. The number of amides is 2. The van der Waals surface area contributed by atoms with Crippen LogP contribution in [0.1, 0.15) is 23.7 Å². The smallest absolute Gasteiger partial charge is 0.322 e. The van der Waals surface area contributed by atoms with Gasteiger partial charge in [-0.3, -0.25) is 0 Å².